The summed E-state index contributed by atoms with van der Waals surface area (Å²) < 4.78 is 16.1. The molecule has 0 radical (unpaired) electrons. The summed E-state index contributed by atoms with van der Waals surface area (Å²) in [6, 6.07) is 11.2. The third-order valence-electron chi connectivity index (χ3n) is 6.80. The van der Waals surface area contributed by atoms with E-state index < -0.39 is 5.82 Å². The summed E-state index contributed by atoms with van der Waals surface area (Å²) in [5, 5.41) is 4.28. The zero-order chi connectivity index (χ0) is 22.5. The highest BCUT2D eigenvalue weighted by Crippen LogP contribution is 2.42. The Balaban J connectivity index is 1.48. The second-order valence-electron chi connectivity index (χ2n) is 8.87. The van der Waals surface area contributed by atoms with Crippen LogP contribution in [0.1, 0.15) is 51.1 Å². The summed E-state index contributed by atoms with van der Waals surface area (Å²) in [6.07, 6.45) is 4.62. The molecule has 8 heteroatoms. The minimum Gasteiger partial charge on any atom is -0.299 e. The number of rotatable bonds is 4. The molecule has 2 aromatic carbocycles. The monoisotopic (exact) mass is 442 g/mol. The van der Waals surface area contributed by atoms with Crippen molar-refractivity contribution >= 4 is 23.4 Å². The maximum absolute atomic E-state index is 14.3. The number of aliphatic imine (C=N–C) groups is 2. The highest BCUT2D eigenvalue weighted by Gasteiger charge is 2.39. The molecule has 0 aliphatic carbocycles. The van der Waals surface area contributed by atoms with Crippen LogP contribution in [0.15, 0.2) is 52.7 Å². The number of likely N-dealkylation sites (tertiary alicyclic amines) is 1. The van der Waals surface area contributed by atoms with Crippen LogP contribution in [0.5, 0.6) is 0 Å². The quantitative estimate of drug-likeness (QED) is 0.620. The van der Waals surface area contributed by atoms with Crippen LogP contribution in [0.25, 0.3) is 0 Å². The van der Waals surface area contributed by atoms with E-state index in [0.717, 1.165) is 31.0 Å². The zero-order valence-corrected chi connectivity index (χ0v) is 18.3. The Morgan fingerprint density at radius 3 is 2.67 bits per heavy atom. The van der Waals surface area contributed by atoms with E-state index in [2.05, 4.69) is 49.2 Å². The molecule has 166 valence electrons. The minimum absolute atomic E-state index is 0.0128. The van der Waals surface area contributed by atoms with Gasteiger partial charge in [-0.1, -0.05) is 24.3 Å². The predicted octanol–water partition coefficient (Wildman–Crippen LogP) is 3.43. The summed E-state index contributed by atoms with van der Waals surface area (Å²) in [4.78, 5) is 28.9. The predicted molar refractivity (Wildman–Crippen MR) is 123 cm³/mol. The van der Waals surface area contributed by atoms with Crippen molar-refractivity contribution in [3.05, 3.63) is 76.6 Å². The van der Waals surface area contributed by atoms with Crippen LogP contribution in [-0.4, -0.2) is 57.0 Å². The Hall–Kier alpha value is -3.52. The molecular formula is C25H23FN6O. The molecule has 6 rings (SSSR count). The summed E-state index contributed by atoms with van der Waals surface area (Å²) in [5.74, 6) is -0.440. The standard InChI is InChI=1S/C25H23FN6O/c1-31-25(29-14-30-31)23-19(16-5-3-15(4-6-16)13-32-7-2-8-32)11-27-20-10-17(26)9-18-21(33)12-28-24(23)22(18)20/h3-6,9-11,14,19,23H,2,7-8,12-13H2,1H3. The first kappa shape index (κ1) is 20.1. The zero-order valence-electron chi connectivity index (χ0n) is 18.3. The normalized spacial score (nSPS) is 21.9. The van der Waals surface area contributed by atoms with Gasteiger partial charge in [0, 0.05) is 42.9 Å². The molecule has 0 saturated carbocycles. The number of carbonyl (C=O) groups excluding carboxylic acids is 1. The average Bonchev–Trinajstić information content (AvgIpc) is 3.13. The van der Waals surface area contributed by atoms with Gasteiger partial charge in [0.25, 0.3) is 0 Å². The number of hydrogen-bond acceptors (Lipinski definition) is 6. The number of nitrogens with zero attached hydrogens (tertiary/aromatic N) is 6. The van der Waals surface area contributed by atoms with Gasteiger partial charge < -0.3 is 0 Å². The number of ketones is 1. The van der Waals surface area contributed by atoms with Crippen molar-refractivity contribution in [3.63, 3.8) is 0 Å². The van der Waals surface area contributed by atoms with E-state index in [9.17, 15) is 9.18 Å². The van der Waals surface area contributed by atoms with Crippen molar-refractivity contribution in [3.8, 4) is 0 Å². The highest BCUT2D eigenvalue weighted by molar-refractivity contribution is 6.21. The summed E-state index contributed by atoms with van der Waals surface area (Å²) in [5.41, 5.74) is 4.42. The second-order valence-corrected chi connectivity index (χ2v) is 8.87. The summed E-state index contributed by atoms with van der Waals surface area (Å²) in [6.45, 7) is 3.25. The van der Waals surface area contributed by atoms with Crippen LogP contribution in [-0.2, 0) is 13.6 Å². The first-order valence-corrected chi connectivity index (χ1v) is 11.2. The van der Waals surface area contributed by atoms with Gasteiger partial charge in [0.1, 0.15) is 24.5 Å². The van der Waals surface area contributed by atoms with Crippen molar-refractivity contribution in [2.75, 3.05) is 19.6 Å². The molecule has 3 aromatic rings. The Bertz CT molecular complexity index is 1300. The lowest BCUT2D eigenvalue weighted by Gasteiger charge is -2.31. The fourth-order valence-electron chi connectivity index (χ4n) is 4.97. The number of hydrogen-bond donors (Lipinski definition) is 0. The van der Waals surface area contributed by atoms with Gasteiger partial charge in [-0.3, -0.25) is 24.4 Å². The number of aryl methyl sites for hydroxylation is 1. The molecule has 7 nitrogen and oxygen atoms in total. The van der Waals surface area contributed by atoms with E-state index in [0.29, 0.717) is 22.5 Å². The van der Waals surface area contributed by atoms with Gasteiger partial charge in [0.2, 0.25) is 0 Å². The van der Waals surface area contributed by atoms with E-state index >= 15 is 0 Å². The molecule has 1 saturated heterocycles. The molecule has 0 amide bonds. The molecule has 0 bridgehead atoms. The van der Waals surface area contributed by atoms with Crippen molar-refractivity contribution in [2.45, 2.75) is 24.8 Å². The number of aromatic nitrogens is 3. The van der Waals surface area contributed by atoms with Gasteiger partial charge >= 0.3 is 0 Å². The topological polar surface area (TPSA) is 75.7 Å². The molecule has 4 heterocycles. The van der Waals surface area contributed by atoms with Crippen LogP contribution in [0.4, 0.5) is 10.1 Å². The van der Waals surface area contributed by atoms with Gasteiger partial charge in [-0.2, -0.15) is 5.10 Å². The Morgan fingerprint density at radius 1 is 1.15 bits per heavy atom. The molecule has 2 atom stereocenters. The lowest BCUT2D eigenvalue weighted by atomic mass is 9.78. The Morgan fingerprint density at radius 2 is 1.97 bits per heavy atom. The maximum atomic E-state index is 14.3. The number of halogens is 1. The van der Waals surface area contributed by atoms with Crippen LogP contribution in [0.2, 0.25) is 0 Å². The molecule has 0 N–H and O–H groups in total. The molecule has 3 aliphatic rings. The van der Waals surface area contributed by atoms with Gasteiger partial charge in [-0.05, 0) is 36.7 Å². The SMILES string of the molecule is Cn1ncnc1C1C2=NCC(=O)c3cc(F)cc(c32)N=CC1c1ccc(CN2CCC2)cc1. The lowest BCUT2D eigenvalue weighted by molar-refractivity contribution is 0.0999. The number of benzene rings is 2. The highest BCUT2D eigenvalue weighted by atomic mass is 19.1. The molecule has 33 heavy (non-hydrogen) atoms. The third kappa shape index (κ3) is 3.41. The molecule has 1 aromatic heterocycles. The first-order chi connectivity index (χ1) is 16.1. The van der Waals surface area contributed by atoms with E-state index in [1.165, 1.54) is 30.4 Å². The molecular weight excluding hydrogens is 419 g/mol. The van der Waals surface area contributed by atoms with Crippen molar-refractivity contribution < 1.29 is 9.18 Å². The van der Waals surface area contributed by atoms with E-state index in [1.54, 1.807) is 4.68 Å². The number of carbonyl (C=O) groups is 1. The van der Waals surface area contributed by atoms with Crippen molar-refractivity contribution in [1.82, 2.24) is 19.7 Å². The van der Waals surface area contributed by atoms with Crippen LogP contribution >= 0.6 is 0 Å². The van der Waals surface area contributed by atoms with Crippen molar-refractivity contribution in [1.29, 1.82) is 0 Å². The maximum Gasteiger partial charge on any atom is 0.185 e. The Kier molecular flexibility index (Phi) is 4.76. The molecule has 2 unspecified atom stereocenters. The van der Waals surface area contributed by atoms with Gasteiger partial charge in [0.05, 0.1) is 17.3 Å². The van der Waals surface area contributed by atoms with Gasteiger partial charge in [0.15, 0.2) is 5.78 Å². The smallest absolute Gasteiger partial charge is 0.185 e. The van der Waals surface area contributed by atoms with Crippen LogP contribution < -0.4 is 0 Å². The lowest BCUT2D eigenvalue weighted by Crippen LogP contribution is -2.36. The molecule has 0 spiro atoms. The van der Waals surface area contributed by atoms with Crippen molar-refractivity contribution in [2.24, 2.45) is 17.0 Å². The second kappa shape index (κ2) is 7.81. The van der Waals surface area contributed by atoms with Gasteiger partial charge in [-0.15, -0.1) is 0 Å². The van der Waals surface area contributed by atoms with E-state index in [-0.39, 0.29) is 24.2 Å². The summed E-state index contributed by atoms with van der Waals surface area (Å²) >= 11 is 0. The molecule has 1 fully saturated rings. The third-order valence-corrected chi connectivity index (χ3v) is 6.80. The number of Topliss-reactive ketones (excluding diaryl/α,β-unsaturated/α-hetero) is 1. The minimum atomic E-state index is -0.473. The summed E-state index contributed by atoms with van der Waals surface area (Å²) in [7, 11) is 1.85. The van der Waals surface area contributed by atoms with E-state index in [1.807, 2.05) is 13.3 Å². The fourth-order valence-corrected chi connectivity index (χ4v) is 4.97. The van der Waals surface area contributed by atoms with Crippen LogP contribution in [0, 0.1) is 5.82 Å². The van der Waals surface area contributed by atoms with E-state index in [4.69, 9.17) is 0 Å². The average molecular weight is 442 g/mol. The van der Waals surface area contributed by atoms with Gasteiger partial charge in [-0.25, -0.2) is 9.37 Å². The Labute approximate surface area is 190 Å². The fraction of sp³-hybridized carbons (Fsp3) is 0.320. The van der Waals surface area contributed by atoms with Crippen LogP contribution in [0.3, 0.4) is 0 Å². The molecule has 3 aliphatic heterocycles. The largest absolute Gasteiger partial charge is 0.299 e. The first-order valence-electron chi connectivity index (χ1n) is 11.2.